The maximum atomic E-state index is 12.1. The maximum Gasteiger partial charge on any atom is 0.410 e. The van der Waals surface area contributed by atoms with Crippen LogP contribution >= 0.6 is 0 Å². The van der Waals surface area contributed by atoms with E-state index in [9.17, 15) is 9.90 Å². The van der Waals surface area contributed by atoms with E-state index in [-0.39, 0.29) is 18.2 Å². The van der Waals surface area contributed by atoms with Crippen molar-refractivity contribution in [2.75, 3.05) is 13.2 Å². The van der Waals surface area contributed by atoms with E-state index in [0.29, 0.717) is 5.92 Å². The van der Waals surface area contributed by atoms with E-state index in [1.54, 1.807) is 0 Å². The molecule has 2 aliphatic rings. The zero-order valence-corrected chi connectivity index (χ0v) is 11.7. The van der Waals surface area contributed by atoms with Crippen LogP contribution in [0.4, 0.5) is 4.79 Å². The SMILES string of the molecule is CC(C)(C)OC(=O)N1CCC12CCC(CO)CC2. The Balaban J connectivity index is 1.94. The number of aliphatic hydroxyl groups excluding tert-OH is 1. The number of hydrogen-bond acceptors (Lipinski definition) is 3. The fourth-order valence-corrected chi connectivity index (χ4v) is 3.06. The van der Waals surface area contributed by atoms with Crippen molar-refractivity contribution in [1.29, 1.82) is 0 Å². The van der Waals surface area contributed by atoms with Crippen LogP contribution in [0.2, 0.25) is 0 Å². The number of ether oxygens (including phenoxy) is 1. The lowest BCUT2D eigenvalue weighted by atomic mass is 9.70. The van der Waals surface area contributed by atoms with E-state index in [1.807, 2.05) is 25.7 Å². The second-order valence-electron chi connectivity index (χ2n) is 6.73. The summed E-state index contributed by atoms with van der Waals surface area (Å²) < 4.78 is 5.46. The van der Waals surface area contributed by atoms with Crippen LogP contribution in [0.5, 0.6) is 0 Å². The average Bonchev–Trinajstić information content (AvgIpc) is 2.25. The quantitative estimate of drug-likeness (QED) is 0.783. The molecule has 1 spiro atoms. The van der Waals surface area contributed by atoms with Gasteiger partial charge in [0, 0.05) is 18.7 Å². The normalized spacial score (nSPS) is 32.2. The summed E-state index contributed by atoms with van der Waals surface area (Å²) in [5.41, 5.74) is -0.385. The van der Waals surface area contributed by atoms with Gasteiger partial charge in [-0.3, -0.25) is 0 Å². The summed E-state index contributed by atoms with van der Waals surface area (Å²) in [5.74, 6) is 0.428. The highest BCUT2D eigenvalue weighted by Gasteiger charge is 2.50. The largest absolute Gasteiger partial charge is 0.444 e. The van der Waals surface area contributed by atoms with Gasteiger partial charge in [-0.2, -0.15) is 0 Å². The summed E-state index contributed by atoms with van der Waals surface area (Å²) in [5, 5.41) is 9.17. The van der Waals surface area contributed by atoms with E-state index < -0.39 is 5.60 Å². The van der Waals surface area contributed by atoms with E-state index in [0.717, 1.165) is 38.6 Å². The molecule has 4 heteroatoms. The van der Waals surface area contributed by atoms with Gasteiger partial charge in [0.1, 0.15) is 5.60 Å². The van der Waals surface area contributed by atoms with Crippen molar-refractivity contribution in [3.8, 4) is 0 Å². The molecule has 0 radical (unpaired) electrons. The second kappa shape index (κ2) is 4.72. The lowest BCUT2D eigenvalue weighted by Gasteiger charge is -2.55. The van der Waals surface area contributed by atoms with Gasteiger partial charge >= 0.3 is 6.09 Å². The minimum absolute atomic E-state index is 0.0357. The molecule has 1 amide bonds. The highest BCUT2D eigenvalue weighted by atomic mass is 16.6. The van der Waals surface area contributed by atoms with Crippen LogP contribution in [0.25, 0.3) is 0 Å². The Morgan fingerprint density at radius 1 is 1.33 bits per heavy atom. The first-order chi connectivity index (χ1) is 8.36. The van der Waals surface area contributed by atoms with Crippen LogP contribution in [0.15, 0.2) is 0 Å². The van der Waals surface area contributed by atoms with Crippen molar-refractivity contribution in [3.05, 3.63) is 0 Å². The molecule has 0 bridgehead atoms. The van der Waals surface area contributed by atoms with E-state index in [1.165, 1.54) is 0 Å². The van der Waals surface area contributed by atoms with Crippen LogP contribution in [0, 0.1) is 5.92 Å². The first-order valence-electron chi connectivity index (χ1n) is 6.98. The Kier molecular flexibility index (Phi) is 3.58. The minimum atomic E-state index is -0.420. The number of rotatable bonds is 1. The zero-order valence-electron chi connectivity index (χ0n) is 11.7. The lowest BCUT2D eigenvalue weighted by molar-refractivity contribution is -0.0671. The molecule has 1 N–H and O–H groups in total. The molecule has 1 aliphatic heterocycles. The van der Waals surface area contributed by atoms with Crippen LogP contribution in [-0.4, -0.2) is 40.4 Å². The molecular formula is C14H25NO3. The van der Waals surface area contributed by atoms with Gasteiger partial charge in [0.2, 0.25) is 0 Å². The van der Waals surface area contributed by atoms with Crippen LogP contribution in [-0.2, 0) is 4.74 Å². The number of nitrogens with zero attached hydrogens (tertiary/aromatic N) is 1. The standard InChI is InChI=1S/C14H25NO3/c1-13(2,3)18-12(17)15-9-8-14(15)6-4-11(10-16)5-7-14/h11,16H,4-10H2,1-3H3. The Hall–Kier alpha value is -0.770. The number of hydrogen-bond donors (Lipinski definition) is 1. The molecule has 1 saturated carbocycles. The van der Waals surface area contributed by atoms with Crippen molar-refractivity contribution in [2.24, 2.45) is 5.92 Å². The third-order valence-corrected chi connectivity index (χ3v) is 4.28. The topological polar surface area (TPSA) is 49.8 Å². The van der Waals surface area contributed by atoms with Gasteiger partial charge in [-0.05, 0) is 58.8 Å². The molecule has 1 heterocycles. The van der Waals surface area contributed by atoms with Gasteiger partial charge in [-0.15, -0.1) is 0 Å². The van der Waals surface area contributed by atoms with Crippen LogP contribution in [0.3, 0.4) is 0 Å². The molecule has 0 aromatic carbocycles. The zero-order chi connectivity index (χ0) is 13.4. The number of aliphatic hydroxyl groups is 1. The molecule has 0 atom stereocenters. The lowest BCUT2D eigenvalue weighted by Crippen LogP contribution is -2.64. The molecule has 0 unspecified atom stereocenters. The van der Waals surface area contributed by atoms with Crippen LogP contribution < -0.4 is 0 Å². The third kappa shape index (κ3) is 2.63. The molecular weight excluding hydrogens is 230 g/mol. The smallest absolute Gasteiger partial charge is 0.410 e. The second-order valence-corrected chi connectivity index (χ2v) is 6.73. The molecule has 0 aromatic heterocycles. The van der Waals surface area contributed by atoms with Crippen molar-refractivity contribution in [1.82, 2.24) is 4.90 Å². The van der Waals surface area contributed by atoms with Crippen molar-refractivity contribution in [3.63, 3.8) is 0 Å². The van der Waals surface area contributed by atoms with Crippen molar-refractivity contribution < 1.29 is 14.6 Å². The molecule has 2 rings (SSSR count). The maximum absolute atomic E-state index is 12.1. The molecule has 0 aromatic rings. The van der Waals surface area contributed by atoms with Crippen molar-refractivity contribution >= 4 is 6.09 Å². The molecule has 2 fully saturated rings. The van der Waals surface area contributed by atoms with Crippen LogP contribution in [0.1, 0.15) is 52.9 Å². The van der Waals surface area contributed by atoms with Gasteiger partial charge in [0.05, 0.1) is 0 Å². The third-order valence-electron chi connectivity index (χ3n) is 4.28. The first-order valence-corrected chi connectivity index (χ1v) is 6.98. The summed E-state index contributed by atoms with van der Waals surface area (Å²) in [6.07, 6.45) is 4.99. The Bertz CT molecular complexity index is 313. The Morgan fingerprint density at radius 3 is 2.33 bits per heavy atom. The average molecular weight is 255 g/mol. The summed E-state index contributed by atoms with van der Waals surface area (Å²) >= 11 is 0. The number of carbonyl (C=O) groups excluding carboxylic acids is 1. The molecule has 104 valence electrons. The predicted octanol–water partition coefficient (Wildman–Crippen LogP) is 2.55. The minimum Gasteiger partial charge on any atom is -0.444 e. The summed E-state index contributed by atoms with van der Waals surface area (Å²) in [7, 11) is 0. The highest BCUT2D eigenvalue weighted by molar-refractivity contribution is 5.70. The Labute approximate surface area is 109 Å². The fraction of sp³-hybridized carbons (Fsp3) is 0.929. The molecule has 4 nitrogen and oxygen atoms in total. The summed E-state index contributed by atoms with van der Waals surface area (Å²) in [4.78, 5) is 14.0. The van der Waals surface area contributed by atoms with E-state index >= 15 is 0 Å². The van der Waals surface area contributed by atoms with E-state index in [2.05, 4.69) is 0 Å². The van der Waals surface area contributed by atoms with Gasteiger partial charge in [0.15, 0.2) is 0 Å². The van der Waals surface area contributed by atoms with Gasteiger partial charge in [-0.25, -0.2) is 4.79 Å². The van der Waals surface area contributed by atoms with Gasteiger partial charge < -0.3 is 14.7 Å². The first kappa shape index (κ1) is 13.7. The fourth-order valence-electron chi connectivity index (χ4n) is 3.06. The summed E-state index contributed by atoms with van der Waals surface area (Å²) in [6.45, 7) is 6.81. The Morgan fingerprint density at radius 2 is 1.94 bits per heavy atom. The number of carbonyl (C=O) groups is 1. The number of amides is 1. The van der Waals surface area contributed by atoms with Crippen molar-refractivity contribution in [2.45, 2.75) is 64.0 Å². The summed E-state index contributed by atoms with van der Waals surface area (Å²) in [6, 6.07) is 0. The number of likely N-dealkylation sites (tertiary alicyclic amines) is 1. The monoisotopic (exact) mass is 255 g/mol. The van der Waals surface area contributed by atoms with Gasteiger partial charge in [-0.1, -0.05) is 0 Å². The predicted molar refractivity (Wildman–Crippen MR) is 69.3 cm³/mol. The van der Waals surface area contributed by atoms with Gasteiger partial charge in [0.25, 0.3) is 0 Å². The molecule has 1 saturated heterocycles. The highest BCUT2D eigenvalue weighted by Crippen LogP contribution is 2.45. The molecule has 1 aliphatic carbocycles. The van der Waals surface area contributed by atoms with E-state index in [4.69, 9.17) is 4.74 Å². The molecule has 18 heavy (non-hydrogen) atoms.